The molecule has 24 heavy (non-hydrogen) atoms. The van der Waals surface area contributed by atoms with Gasteiger partial charge in [0, 0.05) is 25.2 Å². The highest BCUT2D eigenvalue weighted by molar-refractivity contribution is 5.93. The lowest BCUT2D eigenvalue weighted by Crippen LogP contribution is -2.44. The van der Waals surface area contributed by atoms with Crippen LogP contribution in [-0.4, -0.2) is 47.2 Å². The van der Waals surface area contributed by atoms with E-state index in [0.29, 0.717) is 16.8 Å². The van der Waals surface area contributed by atoms with Crippen LogP contribution >= 0.6 is 0 Å². The summed E-state index contributed by atoms with van der Waals surface area (Å²) in [6.07, 6.45) is 3.34. The summed E-state index contributed by atoms with van der Waals surface area (Å²) in [5.74, 6) is -0.286. The van der Waals surface area contributed by atoms with Crippen LogP contribution in [0.2, 0.25) is 0 Å². The van der Waals surface area contributed by atoms with Crippen LogP contribution in [0.4, 0.5) is 4.39 Å². The molecule has 2 saturated heterocycles. The van der Waals surface area contributed by atoms with Gasteiger partial charge >= 0.3 is 0 Å². The number of nitrogens with one attached hydrogen (secondary N) is 2. The highest BCUT2D eigenvalue weighted by atomic mass is 19.1. The molecule has 3 heterocycles. The summed E-state index contributed by atoms with van der Waals surface area (Å²) in [5.41, 5.74) is 2.34. The third-order valence-corrected chi connectivity index (χ3v) is 5.39. The molecular formula is C18H21FN4O. The number of aromatic amines is 1. The van der Waals surface area contributed by atoms with Crippen LogP contribution in [0.3, 0.4) is 0 Å². The fourth-order valence-electron chi connectivity index (χ4n) is 3.78. The number of halogens is 1. The lowest BCUT2D eigenvalue weighted by atomic mass is 9.78. The predicted octanol–water partition coefficient (Wildman–Crippen LogP) is 2.43. The van der Waals surface area contributed by atoms with Crippen molar-refractivity contribution < 1.29 is 9.18 Å². The van der Waals surface area contributed by atoms with Crippen molar-refractivity contribution in [2.45, 2.75) is 19.3 Å². The van der Waals surface area contributed by atoms with Crippen LogP contribution < -0.4 is 5.32 Å². The molecule has 2 aromatic rings. The first-order valence-corrected chi connectivity index (χ1v) is 8.47. The van der Waals surface area contributed by atoms with E-state index in [1.807, 2.05) is 4.90 Å². The smallest absolute Gasteiger partial charge is 0.271 e. The summed E-state index contributed by atoms with van der Waals surface area (Å²) < 4.78 is 13.0. The number of H-pyrrole nitrogens is 1. The lowest BCUT2D eigenvalue weighted by molar-refractivity contribution is 0.0602. The molecule has 4 rings (SSSR count). The summed E-state index contributed by atoms with van der Waals surface area (Å²) in [6.45, 7) is 3.76. The zero-order valence-electron chi connectivity index (χ0n) is 13.5. The van der Waals surface area contributed by atoms with Crippen LogP contribution in [0.1, 0.15) is 29.8 Å². The highest BCUT2D eigenvalue weighted by Crippen LogP contribution is 2.37. The molecule has 0 radical (unpaired) electrons. The molecule has 0 aliphatic carbocycles. The van der Waals surface area contributed by atoms with E-state index in [9.17, 15) is 9.18 Å². The van der Waals surface area contributed by atoms with Crippen LogP contribution in [0.5, 0.6) is 0 Å². The first-order chi connectivity index (χ1) is 11.7. The van der Waals surface area contributed by atoms with Gasteiger partial charge in [-0.25, -0.2) is 4.39 Å². The minimum absolute atomic E-state index is 0.00309. The maximum Gasteiger partial charge on any atom is 0.271 e. The van der Waals surface area contributed by atoms with Gasteiger partial charge in [0.1, 0.15) is 11.5 Å². The van der Waals surface area contributed by atoms with Crippen molar-refractivity contribution in [2.75, 3.05) is 26.2 Å². The number of aromatic nitrogens is 2. The Hall–Kier alpha value is -2.21. The van der Waals surface area contributed by atoms with E-state index in [4.69, 9.17) is 0 Å². The van der Waals surface area contributed by atoms with Crippen LogP contribution in [0.25, 0.3) is 11.3 Å². The monoisotopic (exact) mass is 328 g/mol. The number of piperidine rings is 1. The lowest BCUT2D eigenvalue weighted by Gasteiger charge is -2.38. The van der Waals surface area contributed by atoms with Crippen molar-refractivity contribution in [1.29, 1.82) is 0 Å². The Morgan fingerprint density at radius 3 is 2.58 bits per heavy atom. The van der Waals surface area contributed by atoms with E-state index in [0.717, 1.165) is 44.6 Å². The molecule has 0 bridgehead atoms. The van der Waals surface area contributed by atoms with Gasteiger partial charge in [-0.2, -0.15) is 5.10 Å². The van der Waals surface area contributed by atoms with Crippen molar-refractivity contribution in [3.63, 3.8) is 0 Å². The number of hydrogen-bond donors (Lipinski definition) is 2. The Labute approximate surface area is 140 Å². The molecule has 1 amide bonds. The molecule has 2 aliphatic heterocycles. The Kier molecular flexibility index (Phi) is 3.84. The summed E-state index contributed by atoms with van der Waals surface area (Å²) in [7, 11) is 0. The Balaban J connectivity index is 1.45. The molecule has 2 fully saturated rings. The van der Waals surface area contributed by atoms with Gasteiger partial charge in [0.2, 0.25) is 0 Å². The Morgan fingerprint density at radius 1 is 1.17 bits per heavy atom. The molecule has 1 aromatic heterocycles. The summed E-state index contributed by atoms with van der Waals surface area (Å²) in [5, 5.41) is 10.5. The molecule has 126 valence electrons. The molecular weight excluding hydrogens is 307 g/mol. The quantitative estimate of drug-likeness (QED) is 0.890. The molecule has 1 spiro atoms. The topological polar surface area (TPSA) is 61.0 Å². The minimum atomic E-state index is -0.283. The van der Waals surface area contributed by atoms with E-state index in [1.54, 1.807) is 18.2 Å². The van der Waals surface area contributed by atoms with Crippen LogP contribution in [0.15, 0.2) is 30.3 Å². The van der Waals surface area contributed by atoms with Gasteiger partial charge in [-0.05, 0) is 61.6 Å². The van der Waals surface area contributed by atoms with E-state index >= 15 is 0 Å². The third kappa shape index (κ3) is 2.82. The predicted molar refractivity (Wildman–Crippen MR) is 89.0 cm³/mol. The maximum atomic E-state index is 13.0. The van der Waals surface area contributed by atoms with Crippen molar-refractivity contribution in [3.05, 3.63) is 41.8 Å². The second-order valence-corrected chi connectivity index (χ2v) is 6.89. The second-order valence-electron chi connectivity index (χ2n) is 6.89. The number of nitrogens with zero attached hydrogens (tertiary/aromatic N) is 2. The van der Waals surface area contributed by atoms with Gasteiger partial charge in [0.05, 0.1) is 5.69 Å². The molecule has 0 atom stereocenters. The third-order valence-electron chi connectivity index (χ3n) is 5.39. The highest BCUT2D eigenvalue weighted by Gasteiger charge is 2.38. The van der Waals surface area contributed by atoms with E-state index in [1.165, 1.54) is 18.6 Å². The van der Waals surface area contributed by atoms with Gasteiger partial charge in [-0.1, -0.05) is 0 Å². The first kappa shape index (κ1) is 15.3. The number of rotatable bonds is 2. The maximum absolute atomic E-state index is 13.0. The van der Waals surface area contributed by atoms with Crippen molar-refractivity contribution in [2.24, 2.45) is 5.41 Å². The average molecular weight is 328 g/mol. The molecule has 0 unspecified atom stereocenters. The summed E-state index contributed by atoms with van der Waals surface area (Å²) in [4.78, 5) is 14.6. The van der Waals surface area contributed by atoms with Crippen molar-refractivity contribution in [3.8, 4) is 11.3 Å². The molecule has 2 aliphatic rings. The van der Waals surface area contributed by atoms with E-state index in [-0.39, 0.29) is 11.7 Å². The molecule has 2 N–H and O–H groups in total. The zero-order valence-corrected chi connectivity index (χ0v) is 13.5. The largest absolute Gasteiger partial charge is 0.337 e. The molecule has 6 heteroatoms. The van der Waals surface area contributed by atoms with Crippen molar-refractivity contribution in [1.82, 2.24) is 20.4 Å². The van der Waals surface area contributed by atoms with Gasteiger partial charge < -0.3 is 10.2 Å². The van der Waals surface area contributed by atoms with Crippen LogP contribution in [-0.2, 0) is 0 Å². The molecule has 1 aromatic carbocycles. The average Bonchev–Trinajstić information content (AvgIpc) is 3.26. The zero-order chi connectivity index (χ0) is 16.6. The van der Waals surface area contributed by atoms with Gasteiger partial charge in [0.25, 0.3) is 5.91 Å². The summed E-state index contributed by atoms with van der Waals surface area (Å²) in [6, 6.07) is 7.86. The number of benzene rings is 1. The normalized spacial score (nSPS) is 19.8. The first-order valence-electron chi connectivity index (χ1n) is 8.47. The van der Waals surface area contributed by atoms with Crippen molar-refractivity contribution >= 4 is 5.91 Å². The Morgan fingerprint density at radius 2 is 1.92 bits per heavy atom. The number of likely N-dealkylation sites (tertiary alicyclic amines) is 1. The Bertz CT molecular complexity index is 724. The fourth-order valence-corrected chi connectivity index (χ4v) is 3.78. The standard InChI is InChI=1S/C18H21FN4O/c19-14-3-1-13(2-4-14)15-11-16(22-21-15)17(24)23-9-6-18(7-10-23)5-8-20-12-18/h1-4,11,20H,5-10,12H2,(H,21,22). The number of hydrogen-bond acceptors (Lipinski definition) is 3. The number of amides is 1. The summed E-state index contributed by atoms with van der Waals surface area (Å²) >= 11 is 0. The number of carbonyl (C=O) groups is 1. The van der Waals surface area contributed by atoms with Gasteiger partial charge in [-0.3, -0.25) is 9.89 Å². The van der Waals surface area contributed by atoms with Gasteiger partial charge in [-0.15, -0.1) is 0 Å². The second kappa shape index (κ2) is 6.02. The fraction of sp³-hybridized carbons (Fsp3) is 0.444. The SMILES string of the molecule is O=C(c1cc(-c2ccc(F)cc2)n[nH]1)N1CCC2(CCNC2)CC1. The molecule has 5 nitrogen and oxygen atoms in total. The number of carbonyl (C=O) groups excluding carboxylic acids is 1. The van der Waals surface area contributed by atoms with Gasteiger partial charge in [0.15, 0.2) is 0 Å². The minimum Gasteiger partial charge on any atom is -0.337 e. The van der Waals surface area contributed by atoms with Crippen LogP contribution in [0, 0.1) is 11.2 Å². The molecule has 0 saturated carbocycles. The van der Waals surface area contributed by atoms with E-state index < -0.39 is 0 Å². The van der Waals surface area contributed by atoms with E-state index in [2.05, 4.69) is 15.5 Å².